The van der Waals surface area contributed by atoms with E-state index in [1.165, 1.54) is 11.3 Å². The fraction of sp³-hybridized carbons (Fsp3) is 0.231. The van der Waals surface area contributed by atoms with Crippen molar-refractivity contribution in [2.24, 2.45) is 0 Å². The van der Waals surface area contributed by atoms with Gasteiger partial charge in [0.15, 0.2) is 0 Å². The molecule has 1 unspecified atom stereocenters. The van der Waals surface area contributed by atoms with Crippen LogP contribution in [0.25, 0.3) is 0 Å². The van der Waals surface area contributed by atoms with E-state index in [0.717, 1.165) is 14.8 Å². The number of hydrogen-bond donors (Lipinski definition) is 1. The van der Waals surface area contributed by atoms with Crippen molar-refractivity contribution in [3.05, 3.63) is 55.4 Å². The second kappa shape index (κ2) is 5.57. The first-order chi connectivity index (χ1) is 8.54. The highest BCUT2D eigenvalue weighted by Gasteiger charge is 2.20. The fourth-order valence-electron chi connectivity index (χ4n) is 1.82. The Morgan fingerprint density at radius 2 is 2.06 bits per heavy atom. The van der Waals surface area contributed by atoms with Crippen molar-refractivity contribution >= 4 is 34.5 Å². The highest BCUT2D eigenvalue weighted by Crippen LogP contribution is 2.35. The standard InChI is InChI=1S/C13H12Cl2FNS/c1-7-6-10(18-13(7)15)12(17-2)8-4-3-5-9(14)11(8)16/h3-6,12,17H,1-2H3. The molecular weight excluding hydrogens is 292 g/mol. The van der Waals surface area contributed by atoms with Crippen LogP contribution < -0.4 is 5.32 Å². The first kappa shape index (κ1) is 13.8. The van der Waals surface area contributed by atoms with E-state index in [1.54, 1.807) is 25.2 Å². The van der Waals surface area contributed by atoms with Gasteiger partial charge >= 0.3 is 0 Å². The monoisotopic (exact) mass is 303 g/mol. The molecule has 0 aliphatic rings. The second-order valence-electron chi connectivity index (χ2n) is 3.97. The molecule has 0 spiro atoms. The van der Waals surface area contributed by atoms with Crippen LogP contribution in [-0.2, 0) is 0 Å². The van der Waals surface area contributed by atoms with E-state index in [0.29, 0.717) is 5.56 Å². The molecule has 0 aliphatic carbocycles. The van der Waals surface area contributed by atoms with Crippen LogP contribution in [0.2, 0.25) is 9.36 Å². The normalized spacial score (nSPS) is 12.7. The lowest BCUT2D eigenvalue weighted by Gasteiger charge is -2.16. The molecular formula is C13H12Cl2FNS. The first-order valence-electron chi connectivity index (χ1n) is 5.41. The molecule has 0 amide bonds. The van der Waals surface area contributed by atoms with Gasteiger partial charge in [-0.1, -0.05) is 35.3 Å². The van der Waals surface area contributed by atoms with Crippen molar-refractivity contribution in [1.82, 2.24) is 5.32 Å². The molecule has 1 aromatic heterocycles. The van der Waals surface area contributed by atoms with Crippen molar-refractivity contribution < 1.29 is 4.39 Å². The molecule has 0 saturated carbocycles. The molecule has 1 heterocycles. The molecule has 1 aromatic carbocycles. The molecule has 1 atom stereocenters. The predicted octanol–water partition coefficient (Wildman–Crippen LogP) is 4.81. The van der Waals surface area contributed by atoms with Crippen molar-refractivity contribution in [2.45, 2.75) is 13.0 Å². The summed E-state index contributed by atoms with van der Waals surface area (Å²) < 4.78 is 14.8. The Morgan fingerprint density at radius 3 is 2.61 bits per heavy atom. The molecule has 0 saturated heterocycles. The Labute approximate surface area is 120 Å². The number of benzene rings is 1. The Hall–Kier alpha value is -0.610. The van der Waals surface area contributed by atoms with Crippen LogP contribution in [-0.4, -0.2) is 7.05 Å². The quantitative estimate of drug-likeness (QED) is 0.858. The summed E-state index contributed by atoms with van der Waals surface area (Å²) in [6.45, 7) is 1.93. The van der Waals surface area contributed by atoms with E-state index in [4.69, 9.17) is 23.2 Å². The maximum atomic E-state index is 14.0. The van der Waals surface area contributed by atoms with Crippen LogP contribution >= 0.6 is 34.5 Å². The van der Waals surface area contributed by atoms with Gasteiger partial charge in [0.05, 0.1) is 15.4 Å². The minimum absolute atomic E-state index is 0.132. The minimum Gasteiger partial charge on any atom is -0.309 e. The zero-order chi connectivity index (χ0) is 13.3. The number of halogens is 3. The van der Waals surface area contributed by atoms with Gasteiger partial charge in [-0.2, -0.15) is 0 Å². The zero-order valence-corrected chi connectivity index (χ0v) is 12.3. The summed E-state index contributed by atoms with van der Waals surface area (Å²) in [5.74, 6) is -0.388. The van der Waals surface area contributed by atoms with E-state index in [1.807, 2.05) is 13.0 Å². The lowest BCUT2D eigenvalue weighted by atomic mass is 10.0. The average molecular weight is 304 g/mol. The zero-order valence-electron chi connectivity index (χ0n) is 9.93. The SMILES string of the molecule is CNC(c1cc(C)c(Cl)s1)c1cccc(Cl)c1F. The van der Waals surface area contributed by atoms with Gasteiger partial charge in [-0.15, -0.1) is 11.3 Å². The molecule has 2 rings (SSSR count). The highest BCUT2D eigenvalue weighted by atomic mass is 35.5. The van der Waals surface area contributed by atoms with Crippen LogP contribution in [0.4, 0.5) is 4.39 Å². The second-order valence-corrected chi connectivity index (χ2v) is 6.06. The van der Waals surface area contributed by atoms with Gasteiger partial charge in [-0.05, 0) is 31.7 Å². The smallest absolute Gasteiger partial charge is 0.146 e. The number of rotatable bonds is 3. The summed E-state index contributed by atoms with van der Waals surface area (Å²) in [6, 6.07) is 6.74. The Morgan fingerprint density at radius 1 is 1.33 bits per heavy atom. The highest BCUT2D eigenvalue weighted by molar-refractivity contribution is 7.16. The maximum Gasteiger partial charge on any atom is 0.146 e. The van der Waals surface area contributed by atoms with Crippen molar-refractivity contribution in [3.8, 4) is 0 Å². The minimum atomic E-state index is -0.388. The molecule has 5 heteroatoms. The Balaban J connectivity index is 2.48. The van der Waals surface area contributed by atoms with Gasteiger partial charge in [0.2, 0.25) is 0 Å². The van der Waals surface area contributed by atoms with E-state index in [2.05, 4.69) is 5.32 Å². The summed E-state index contributed by atoms with van der Waals surface area (Å²) in [4.78, 5) is 0.973. The largest absolute Gasteiger partial charge is 0.309 e. The molecule has 18 heavy (non-hydrogen) atoms. The average Bonchev–Trinajstić information content (AvgIpc) is 2.66. The first-order valence-corrected chi connectivity index (χ1v) is 6.99. The fourth-order valence-corrected chi connectivity index (χ4v) is 3.35. The molecule has 1 nitrogen and oxygen atoms in total. The third kappa shape index (κ3) is 2.54. The van der Waals surface area contributed by atoms with Gasteiger partial charge in [-0.25, -0.2) is 4.39 Å². The molecule has 0 fully saturated rings. The summed E-state index contributed by atoms with van der Waals surface area (Å²) in [7, 11) is 1.79. The van der Waals surface area contributed by atoms with Crippen molar-refractivity contribution in [2.75, 3.05) is 7.05 Å². The number of nitrogens with one attached hydrogen (secondary N) is 1. The number of hydrogen-bond acceptors (Lipinski definition) is 2. The van der Waals surface area contributed by atoms with Crippen molar-refractivity contribution in [3.63, 3.8) is 0 Å². The van der Waals surface area contributed by atoms with E-state index in [-0.39, 0.29) is 16.9 Å². The van der Waals surface area contributed by atoms with Gasteiger partial charge in [0.1, 0.15) is 5.82 Å². The Kier molecular flexibility index (Phi) is 4.28. The van der Waals surface area contributed by atoms with Crippen molar-refractivity contribution in [1.29, 1.82) is 0 Å². The molecule has 2 aromatic rings. The molecule has 0 bridgehead atoms. The lowest BCUT2D eigenvalue weighted by molar-refractivity contribution is 0.579. The summed E-state index contributed by atoms with van der Waals surface area (Å²) >= 11 is 13.3. The van der Waals surface area contributed by atoms with E-state index < -0.39 is 0 Å². The third-order valence-electron chi connectivity index (χ3n) is 2.74. The summed E-state index contributed by atoms with van der Waals surface area (Å²) in [6.07, 6.45) is 0. The summed E-state index contributed by atoms with van der Waals surface area (Å²) in [5, 5.41) is 3.23. The van der Waals surface area contributed by atoms with Gasteiger partial charge in [-0.3, -0.25) is 0 Å². The molecule has 0 radical (unpaired) electrons. The van der Waals surface area contributed by atoms with Crippen LogP contribution in [0.5, 0.6) is 0 Å². The summed E-state index contributed by atoms with van der Waals surface area (Å²) in [5.41, 5.74) is 1.53. The van der Waals surface area contributed by atoms with Gasteiger partial charge in [0.25, 0.3) is 0 Å². The van der Waals surface area contributed by atoms with Crippen LogP contribution in [0, 0.1) is 12.7 Å². The molecule has 0 aliphatic heterocycles. The third-order valence-corrected chi connectivity index (χ3v) is 4.65. The van der Waals surface area contributed by atoms with Crippen LogP contribution in [0.1, 0.15) is 22.0 Å². The maximum absolute atomic E-state index is 14.0. The topological polar surface area (TPSA) is 12.0 Å². The van der Waals surface area contributed by atoms with Gasteiger partial charge in [0, 0.05) is 10.4 Å². The van der Waals surface area contributed by atoms with E-state index in [9.17, 15) is 4.39 Å². The Bertz CT molecular complexity index is 549. The number of thiophene rings is 1. The predicted molar refractivity (Wildman–Crippen MR) is 76.4 cm³/mol. The number of aryl methyl sites for hydroxylation is 1. The molecule has 96 valence electrons. The lowest BCUT2D eigenvalue weighted by Crippen LogP contribution is -2.18. The van der Waals surface area contributed by atoms with Crippen LogP contribution in [0.15, 0.2) is 24.3 Å². The van der Waals surface area contributed by atoms with Crippen LogP contribution in [0.3, 0.4) is 0 Å². The van der Waals surface area contributed by atoms with Gasteiger partial charge < -0.3 is 5.32 Å². The molecule has 1 N–H and O–H groups in total. The van der Waals surface area contributed by atoms with E-state index >= 15 is 0 Å².